The SMILES string of the molecule is CSCCC1C=NC(COCCN=C(C)N)C(=O)N1c1ncc[nH]1. The third-order valence-corrected chi connectivity index (χ3v) is 4.14. The molecular formula is C15H24N6O2S. The Morgan fingerprint density at radius 1 is 1.58 bits per heavy atom. The summed E-state index contributed by atoms with van der Waals surface area (Å²) in [6.45, 7) is 2.83. The molecule has 24 heavy (non-hydrogen) atoms. The number of nitrogens with two attached hydrogens (primary N) is 1. The molecule has 3 N–H and O–H groups in total. The number of rotatable bonds is 9. The summed E-state index contributed by atoms with van der Waals surface area (Å²) in [6.07, 6.45) is 8.05. The minimum Gasteiger partial charge on any atom is -0.388 e. The Morgan fingerprint density at radius 2 is 2.42 bits per heavy atom. The predicted molar refractivity (Wildman–Crippen MR) is 98.1 cm³/mol. The van der Waals surface area contributed by atoms with Crippen molar-refractivity contribution in [1.82, 2.24) is 9.97 Å². The van der Waals surface area contributed by atoms with Gasteiger partial charge in [0.05, 0.1) is 31.6 Å². The second kappa shape index (κ2) is 9.43. The number of amides is 1. The van der Waals surface area contributed by atoms with Crippen LogP contribution in [0, 0.1) is 0 Å². The van der Waals surface area contributed by atoms with Crippen LogP contribution in [0.15, 0.2) is 22.4 Å². The van der Waals surface area contributed by atoms with Crippen LogP contribution in [0.25, 0.3) is 0 Å². The molecule has 0 aromatic carbocycles. The van der Waals surface area contributed by atoms with Gasteiger partial charge in [-0.05, 0) is 25.4 Å². The van der Waals surface area contributed by atoms with Crippen LogP contribution >= 0.6 is 11.8 Å². The maximum Gasteiger partial charge on any atom is 0.257 e. The van der Waals surface area contributed by atoms with Gasteiger partial charge < -0.3 is 15.5 Å². The summed E-state index contributed by atoms with van der Waals surface area (Å²) < 4.78 is 5.52. The number of nitrogens with zero attached hydrogens (tertiary/aromatic N) is 4. The van der Waals surface area contributed by atoms with Crippen LogP contribution in [-0.4, -0.2) is 71.8 Å². The van der Waals surface area contributed by atoms with Crippen LogP contribution in [0.3, 0.4) is 0 Å². The summed E-state index contributed by atoms with van der Waals surface area (Å²) in [5.74, 6) is 1.91. The first kappa shape index (κ1) is 18.5. The Kier molecular flexibility index (Phi) is 7.26. The van der Waals surface area contributed by atoms with Crippen LogP contribution in [0.2, 0.25) is 0 Å². The number of hydrogen-bond donors (Lipinski definition) is 2. The van der Waals surface area contributed by atoms with E-state index < -0.39 is 6.04 Å². The van der Waals surface area contributed by atoms with E-state index in [2.05, 4.69) is 20.0 Å². The zero-order chi connectivity index (χ0) is 17.4. The molecule has 2 unspecified atom stereocenters. The molecule has 2 rings (SSSR count). The van der Waals surface area contributed by atoms with E-state index in [0.717, 1.165) is 12.2 Å². The van der Waals surface area contributed by atoms with Gasteiger partial charge in [0.15, 0.2) is 6.04 Å². The first-order chi connectivity index (χ1) is 11.6. The summed E-state index contributed by atoms with van der Waals surface area (Å²) in [6, 6.07) is -0.638. The number of thioether (sulfide) groups is 1. The van der Waals surface area contributed by atoms with Crippen LogP contribution in [0.4, 0.5) is 5.95 Å². The highest BCUT2D eigenvalue weighted by Crippen LogP contribution is 2.20. The molecule has 132 valence electrons. The molecule has 2 heterocycles. The largest absolute Gasteiger partial charge is 0.388 e. The molecule has 0 fully saturated rings. The van der Waals surface area contributed by atoms with Crippen LogP contribution in [0.1, 0.15) is 13.3 Å². The number of carbonyl (C=O) groups excluding carboxylic acids is 1. The first-order valence-electron chi connectivity index (χ1n) is 7.82. The molecule has 1 amide bonds. The third-order valence-electron chi connectivity index (χ3n) is 3.49. The first-order valence-corrected chi connectivity index (χ1v) is 9.21. The molecule has 1 aliphatic rings. The second-order valence-corrected chi connectivity index (χ2v) is 6.37. The molecule has 0 saturated heterocycles. The molecule has 0 aliphatic carbocycles. The van der Waals surface area contributed by atoms with Crippen LogP contribution < -0.4 is 10.6 Å². The third kappa shape index (κ3) is 5.07. The smallest absolute Gasteiger partial charge is 0.257 e. The number of nitrogens with one attached hydrogen (secondary N) is 1. The molecule has 1 aromatic rings. The van der Waals surface area contributed by atoms with Gasteiger partial charge in [-0.2, -0.15) is 11.8 Å². The van der Waals surface area contributed by atoms with Gasteiger partial charge in [0.25, 0.3) is 5.91 Å². The fourth-order valence-electron chi connectivity index (χ4n) is 2.35. The van der Waals surface area contributed by atoms with Gasteiger partial charge in [-0.15, -0.1) is 0 Å². The topological polar surface area (TPSA) is 109 Å². The number of imidazole rings is 1. The van der Waals surface area contributed by atoms with Gasteiger partial charge in [-0.1, -0.05) is 0 Å². The maximum absolute atomic E-state index is 12.8. The molecule has 2 atom stereocenters. The van der Waals surface area contributed by atoms with Gasteiger partial charge >= 0.3 is 0 Å². The average Bonchev–Trinajstić information content (AvgIpc) is 3.07. The fourth-order valence-corrected chi connectivity index (χ4v) is 2.82. The van der Waals surface area contributed by atoms with Crippen molar-refractivity contribution < 1.29 is 9.53 Å². The van der Waals surface area contributed by atoms with E-state index in [9.17, 15) is 4.79 Å². The van der Waals surface area contributed by atoms with Crippen molar-refractivity contribution in [1.29, 1.82) is 0 Å². The van der Waals surface area contributed by atoms with E-state index >= 15 is 0 Å². The highest BCUT2D eigenvalue weighted by molar-refractivity contribution is 7.98. The quantitative estimate of drug-likeness (QED) is 0.386. The van der Waals surface area contributed by atoms with Crippen molar-refractivity contribution in [3.63, 3.8) is 0 Å². The Labute approximate surface area is 146 Å². The van der Waals surface area contributed by atoms with Gasteiger partial charge in [0.2, 0.25) is 5.95 Å². The average molecular weight is 352 g/mol. The zero-order valence-corrected chi connectivity index (χ0v) is 14.8. The Hall–Kier alpha value is -1.87. The molecule has 0 bridgehead atoms. The highest BCUT2D eigenvalue weighted by atomic mass is 32.2. The number of anilines is 1. The Bertz CT molecular complexity index is 571. The number of aromatic amines is 1. The number of carbonyl (C=O) groups is 1. The normalized spacial score (nSPS) is 21.5. The minimum atomic E-state index is -0.552. The van der Waals surface area contributed by atoms with Crippen molar-refractivity contribution in [2.75, 3.05) is 36.7 Å². The standard InChI is InChI=1S/C15H24N6O2S/c1-11(16)17-6-7-23-10-13-14(22)21(15-18-4-5-19-15)12(9-20-13)3-8-24-2/h4-5,9,12-13H,3,6-8,10H2,1-2H3,(H2,16,17)(H,18,19). The van der Waals surface area contributed by atoms with Crippen molar-refractivity contribution >= 4 is 35.7 Å². The van der Waals surface area contributed by atoms with E-state index in [-0.39, 0.29) is 18.6 Å². The number of ether oxygens (including phenoxy) is 1. The van der Waals surface area contributed by atoms with E-state index in [1.807, 2.05) is 12.5 Å². The second-order valence-electron chi connectivity index (χ2n) is 5.38. The van der Waals surface area contributed by atoms with Gasteiger partial charge in [-0.25, -0.2) is 4.98 Å². The van der Waals surface area contributed by atoms with Gasteiger partial charge in [-0.3, -0.25) is 19.7 Å². The lowest BCUT2D eigenvalue weighted by Crippen LogP contribution is -2.52. The van der Waals surface area contributed by atoms with E-state index in [0.29, 0.717) is 24.9 Å². The lowest BCUT2D eigenvalue weighted by Gasteiger charge is -2.33. The van der Waals surface area contributed by atoms with Crippen LogP contribution in [-0.2, 0) is 9.53 Å². The van der Waals surface area contributed by atoms with E-state index in [1.54, 1.807) is 36.0 Å². The van der Waals surface area contributed by atoms with Gasteiger partial charge in [0.1, 0.15) is 0 Å². The van der Waals surface area contributed by atoms with Crippen molar-refractivity contribution in [2.24, 2.45) is 15.7 Å². The summed E-state index contributed by atoms with van der Waals surface area (Å²) >= 11 is 1.74. The van der Waals surface area contributed by atoms with E-state index in [4.69, 9.17) is 10.5 Å². The number of amidine groups is 1. The Balaban J connectivity index is 1.98. The molecule has 0 saturated carbocycles. The van der Waals surface area contributed by atoms with Gasteiger partial charge in [0, 0.05) is 18.6 Å². The monoisotopic (exact) mass is 352 g/mol. The lowest BCUT2D eigenvalue weighted by atomic mass is 10.1. The molecular weight excluding hydrogens is 328 g/mol. The van der Waals surface area contributed by atoms with Crippen molar-refractivity contribution in [2.45, 2.75) is 25.4 Å². The maximum atomic E-state index is 12.8. The molecule has 0 spiro atoms. The lowest BCUT2D eigenvalue weighted by molar-refractivity contribution is -0.121. The molecule has 0 radical (unpaired) electrons. The molecule has 1 aliphatic heterocycles. The number of aromatic nitrogens is 2. The summed E-state index contributed by atoms with van der Waals surface area (Å²) in [4.78, 5) is 30.1. The van der Waals surface area contributed by atoms with Crippen LogP contribution in [0.5, 0.6) is 0 Å². The number of aliphatic imine (C=N–C) groups is 2. The highest BCUT2D eigenvalue weighted by Gasteiger charge is 2.34. The fraction of sp³-hybridized carbons (Fsp3) is 0.600. The molecule has 9 heteroatoms. The molecule has 1 aromatic heterocycles. The summed E-state index contributed by atoms with van der Waals surface area (Å²) in [7, 11) is 0. The number of hydrogen-bond acceptors (Lipinski definition) is 6. The minimum absolute atomic E-state index is 0.0863. The summed E-state index contributed by atoms with van der Waals surface area (Å²) in [5.41, 5.74) is 5.47. The predicted octanol–water partition coefficient (Wildman–Crippen LogP) is 0.711. The van der Waals surface area contributed by atoms with Crippen molar-refractivity contribution in [3.8, 4) is 0 Å². The van der Waals surface area contributed by atoms with Crippen molar-refractivity contribution in [3.05, 3.63) is 12.4 Å². The zero-order valence-electron chi connectivity index (χ0n) is 14.0. The Morgan fingerprint density at radius 3 is 3.08 bits per heavy atom. The van der Waals surface area contributed by atoms with E-state index in [1.165, 1.54) is 0 Å². The number of H-pyrrole nitrogens is 1. The summed E-state index contributed by atoms with van der Waals surface area (Å²) in [5, 5.41) is 0. The molecule has 8 nitrogen and oxygen atoms in total.